The van der Waals surface area contributed by atoms with E-state index in [0.717, 1.165) is 11.1 Å². The van der Waals surface area contributed by atoms with Crippen LogP contribution in [0.15, 0.2) is 23.3 Å². The van der Waals surface area contributed by atoms with Crippen molar-refractivity contribution in [3.05, 3.63) is 23.3 Å². The first-order valence-corrected chi connectivity index (χ1v) is 6.77. The number of carbonyl (C=O) groups is 2. The fraction of sp³-hybridized carbons (Fsp3) is 0.600. The maximum absolute atomic E-state index is 12.1. The molecule has 3 rings (SSSR count). The van der Waals surface area contributed by atoms with E-state index in [2.05, 4.69) is 12.2 Å². The third kappa shape index (κ3) is 1.80. The SMILES string of the molecule is COC(=O)C1(C(=O)OC)CC2=CC3COCC3C=C2C1. The van der Waals surface area contributed by atoms with E-state index < -0.39 is 17.4 Å². The largest absolute Gasteiger partial charge is 0.468 e. The zero-order valence-electron chi connectivity index (χ0n) is 11.7. The van der Waals surface area contributed by atoms with Crippen molar-refractivity contribution in [1.82, 2.24) is 0 Å². The summed E-state index contributed by atoms with van der Waals surface area (Å²) >= 11 is 0. The highest BCUT2D eigenvalue weighted by Crippen LogP contribution is 2.50. The van der Waals surface area contributed by atoms with Crippen LogP contribution in [0.2, 0.25) is 0 Å². The van der Waals surface area contributed by atoms with Gasteiger partial charge in [-0.05, 0) is 24.0 Å². The molecule has 5 nitrogen and oxygen atoms in total. The Morgan fingerprint density at radius 3 is 1.90 bits per heavy atom. The van der Waals surface area contributed by atoms with E-state index in [4.69, 9.17) is 14.2 Å². The third-order valence-electron chi connectivity index (χ3n) is 4.55. The van der Waals surface area contributed by atoms with Crippen molar-refractivity contribution in [3.8, 4) is 0 Å². The lowest BCUT2D eigenvalue weighted by atomic mass is 9.85. The number of carbonyl (C=O) groups excluding carboxylic acids is 2. The van der Waals surface area contributed by atoms with Gasteiger partial charge in [-0.2, -0.15) is 0 Å². The molecular formula is C15H18O5. The van der Waals surface area contributed by atoms with Gasteiger partial charge in [-0.15, -0.1) is 0 Å². The van der Waals surface area contributed by atoms with Crippen LogP contribution in [0.3, 0.4) is 0 Å². The lowest BCUT2D eigenvalue weighted by molar-refractivity contribution is -0.168. The summed E-state index contributed by atoms with van der Waals surface area (Å²) in [6.07, 6.45) is 5.03. The van der Waals surface area contributed by atoms with Gasteiger partial charge in [0, 0.05) is 11.8 Å². The number of hydrogen-bond acceptors (Lipinski definition) is 5. The molecule has 0 aromatic rings. The van der Waals surface area contributed by atoms with Crippen molar-refractivity contribution in [2.24, 2.45) is 17.3 Å². The standard InChI is InChI=1S/C15H18O5/c1-18-13(16)15(14(17)19-2)5-9-3-11-7-20-8-12(11)4-10(9)6-15/h3-4,11-12H,5-8H2,1-2H3. The van der Waals surface area contributed by atoms with Gasteiger partial charge < -0.3 is 14.2 Å². The highest BCUT2D eigenvalue weighted by Gasteiger charge is 2.54. The lowest BCUT2D eigenvalue weighted by Crippen LogP contribution is -2.38. The second-order valence-corrected chi connectivity index (χ2v) is 5.67. The van der Waals surface area contributed by atoms with E-state index in [1.54, 1.807) is 0 Å². The van der Waals surface area contributed by atoms with Crippen LogP contribution in [0.4, 0.5) is 0 Å². The molecule has 3 aliphatic rings. The molecule has 20 heavy (non-hydrogen) atoms. The molecule has 0 amide bonds. The van der Waals surface area contributed by atoms with Crippen LogP contribution in [0.5, 0.6) is 0 Å². The second kappa shape index (κ2) is 4.74. The fourth-order valence-electron chi connectivity index (χ4n) is 3.48. The van der Waals surface area contributed by atoms with Crippen molar-refractivity contribution >= 4 is 11.9 Å². The molecule has 5 heteroatoms. The fourth-order valence-corrected chi connectivity index (χ4v) is 3.48. The number of ether oxygens (including phenoxy) is 3. The van der Waals surface area contributed by atoms with Crippen molar-refractivity contribution in [2.45, 2.75) is 12.8 Å². The zero-order valence-corrected chi connectivity index (χ0v) is 11.7. The summed E-state index contributed by atoms with van der Waals surface area (Å²) in [6.45, 7) is 1.42. The minimum absolute atomic E-state index is 0.361. The lowest BCUT2D eigenvalue weighted by Gasteiger charge is -2.21. The van der Waals surface area contributed by atoms with Crippen molar-refractivity contribution < 1.29 is 23.8 Å². The molecule has 0 radical (unpaired) electrons. The average molecular weight is 278 g/mol. The maximum atomic E-state index is 12.1. The van der Waals surface area contributed by atoms with E-state index in [1.165, 1.54) is 14.2 Å². The molecule has 0 N–H and O–H groups in total. The number of esters is 2. The van der Waals surface area contributed by atoms with Crippen LogP contribution in [-0.4, -0.2) is 39.4 Å². The molecule has 2 aliphatic carbocycles. The predicted molar refractivity (Wildman–Crippen MR) is 69.7 cm³/mol. The van der Waals surface area contributed by atoms with Crippen LogP contribution in [0.25, 0.3) is 0 Å². The van der Waals surface area contributed by atoms with Crippen LogP contribution in [-0.2, 0) is 23.8 Å². The molecule has 1 saturated heterocycles. The first kappa shape index (κ1) is 13.4. The highest BCUT2D eigenvalue weighted by molar-refractivity contribution is 6.02. The van der Waals surface area contributed by atoms with Crippen molar-refractivity contribution in [1.29, 1.82) is 0 Å². The second-order valence-electron chi connectivity index (χ2n) is 5.67. The average Bonchev–Trinajstić information content (AvgIpc) is 3.06. The van der Waals surface area contributed by atoms with Gasteiger partial charge in [0.25, 0.3) is 0 Å². The summed E-state index contributed by atoms with van der Waals surface area (Å²) in [4.78, 5) is 24.2. The van der Waals surface area contributed by atoms with E-state index >= 15 is 0 Å². The van der Waals surface area contributed by atoms with Gasteiger partial charge in [-0.25, -0.2) is 0 Å². The van der Waals surface area contributed by atoms with E-state index in [-0.39, 0.29) is 0 Å². The summed E-state index contributed by atoms with van der Waals surface area (Å²) in [5, 5.41) is 0. The van der Waals surface area contributed by atoms with Gasteiger partial charge >= 0.3 is 11.9 Å². The third-order valence-corrected chi connectivity index (χ3v) is 4.55. The summed E-state index contributed by atoms with van der Waals surface area (Å²) in [7, 11) is 2.61. The van der Waals surface area contributed by atoms with E-state index in [1.807, 2.05) is 0 Å². The van der Waals surface area contributed by atoms with E-state index in [0.29, 0.717) is 37.9 Å². The van der Waals surface area contributed by atoms with Crippen LogP contribution >= 0.6 is 0 Å². The Morgan fingerprint density at radius 2 is 1.50 bits per heavy atom. The van der Waals surface area contributed by atoms with Gasteiger partial charge in [0.2, 0.25) is 0 Å². The molecule has 1 heterocycles. The Morgan fingerprint density at radius 1 is 1.05 bits per heavy atom. The Bertz CT molecular complexity index is 470. The Labute approximate surface area is 117 Å². The zero-order chi connectivity index (χ0) is 14.3. The summed E-state index contributed by atoms with van der Waals surface area (Å²) in [5.74, 6) is -0.302. The molecule has 0 aromatic heterocycles. The highest BCUT2D eigenvalue weighted by atomic mass is 16.5. The molecular weight excluding hydrogens is 260 g/mol. The maximum Gasteiger partial charge on any atom is 0.323 e. The number of methoxy groups -OCH3 is 2. The Kier molecular flexibility index (Phi) is 3.17. The first-order chi connectivity index (χ1) is 9.60. The molecule has 2 atom stereocenters. The molecule has 0 aromatic carbocycles. The van der Waals surface area contributed by atoms with Crippen molar-refractivity contribution in [2.75, 3.05) is 27.4 Å². The van der Waals surface area contributed by atoms with Gasteiger partial charge in [0.05, 0.1) is 27.4 Å². The predicted octanol–water partition coefficient (Wildman–Crippen LogP) is 1.24. The Hall–Kier alpha value is -1.62. The van der Waals surface area contributed by atoms with Gasteiger partial charge in [-0.1, -0.05) is 12.2 Å². The van der Waals surface area contributed by atoms with Crippen LogP contribution in [0.1, 0.15) is 12.8 Å². The number of allylic oxidation sites excluding steroid dienone is 2. The molecule has 0 spiro atoms. The smallest absolute Gasteiger partial charge is 0.323 e. The molecule has 108 valence electrons. The number of fused-ring (bicyclic) bond motifs is 2. The monoisotopic (exact) mass is 278 g/mol. The van der Waals surface area contributed by atoms with Crippen LogP contribution in [0, 0.1) is 17.3 Å². The minimum atomic E-state index is -1.21. The van der Waals surface area contributed by atoms with E-state index in [9.17, 15) is 9.59 Å². The van der Waals surface area contributed by atoms with Gasteiger partial charge in [-0.3, -0.25) is 9.59 Å². The topological polar surface area (TPSA) is 61.8 Å². The minimum Gasteiger partial charge on any atom is -0.468 e. The normalized spacial score (nSPS) is 29.9. The van der Waals surface area contributed by atoms with Crippen LogP contribution < -0.4 is 0 Å². The molecule has 1 saturated carbocycles. The summed E-state index contributed by atoms with van der Waals surface area (Å²) < 4.78 is 15.2. The number of hydrogen-bond donors (Lipinski definition) is 0. The van der Waals surface area contributed by atoms with Gasteiger partial charge in [0.1, 0.15) is 0 Å². The van der Waals surface area contributed by atoms with Crippen molar-refractivity contribution in [3.63, 3.8) is 0 Å². The summed E-state index contributed by atoms with van der Waals surface area (Å²) in [5.41, 5.74) is 0.917. The quantitative estimate of drug-likeness (QED) is 0.562. The Balaban J connectivity index is 1.96. The molecule has 0 bridgehead atoms. The molecule has 2 unspecified atom stereocenters. The summed E-state index contributed by atoms with van der Waals surface area (Å²) in [6, 6.07) is 0. The molecule has 2 fully saturated rings. The van der Waals surface area contributed by atoms with Gasteiger partial charge in [0.15, 0.2) is 5.41 Å². The molecule has 1 aliphatic heterocycles. The first-order valence-electron chi connectivity index (χ1n) is 6.77. The number of rotatable bonds is 2.